The van der Waals surface area contributed by atoms with E-state index in [9.17, 15) is 5.11 Å². The average molecular weight is 232 g/mol. The molecule has 0 aliphatic heterocycles. The highest BCUT2D eigenvalue weighted by atomic mass is 16.5. The second-order valence-corrected chi connectivity index (χ2v) is 4.84. The van der Waals surface area contributed by atoms with Crippen LogP contribution >= 0.6 is 0 Å². The van der Waals surface area contributed by atoms with Crippen molar-refractivity contribution < 1.29 is 9.84 Å². The summed E-state index contributed by atoms with van der Waals surface area (Å²) >= 11 is 0. The first-order chi connectivity index (χ1) is 8.15. The summed E-state index contributed by atoms with van der Waals surface area (Å²) < 4.78 is 5.61. The molecule has 0 amide bonds. The molecule has 1 aromatic carbocycles. The Labute approximate surface area is 103 Å². The average Bonchev–Trinajstić information content (AvgIpc) is 2.29. The molecule has 0 spiro atoms. The molecule has 2 rings (SSSR count). The first kappa shape index (κ1) is 12.2. The van der Waals surface area contributed by atoms with E-state index in [1.165, 1.54) is 11.1 Å². The van der Waals surface area contributed by atoms with Crippen molar-refractivity contribution >= 4 is 5.57 Å². The van der Waals surface area contributed by atoms with Gasteiger partial charge in [-0.05, 0) is 56.4 Å². The van der Waals surface area contributed by atoms with Crippen LogP contribution in [0.5, 0.6) is 5.75 Å². The third-order valence-corrected chi connectivity index (χ3v) is 2.94. The summed E-state index contributed by atoms with van der Waals surface area (Å²) in [5.74, 6) is 0.903. The van der Waals surface area contributed by atoms with Crippen LogP contribution in [0.2, 0.25) is 0 Å². The van der Waals surface area contributed by atoms with Crippen LogP contribution in [0, 0.1) is 0 Å². The van der Waals surface area contributed by atoms with Crippen molar-refractivity contribution in [3.63, 3.8) is 0 Å². The van der Waals surface area contributed by atoms with Gasteiger partial charge in [0.15, 0.2) is 0 Å². The van der Waals surface area contributed by atoms with Gasteiger partial charge in [-0.25, -0.2) is 0 Å². The summed E-state index contributed by atoms with van der Waals surface area (Å²) in [6.45, 7) is 4.04. The highest BCUT2D eigenvalue weighted by Crippen LogP contribution is 2.28. The van der Waals surface area contributed by atoms with Gasteiger partial charge in [-0.2, -0.15) is 0 Å². The number of aliphatic hydroxyl groups is 1. The monoisotopic (exact) mass is 232 g/mol. The van der Waals surface area contributed by atoms with Crippen LogP contribution < -0.4 is 4.74 Å². The molecule has 92 valence electrons. The van der Waals surface area contributed by atoms with Gasteiger partial charge in [-0.3, -0.25) is 0 Å². The van der Waals surface area contributed by atoms with E-state index in [1.54, 1.807) is 0 Å². The van der Waals surface area contributed by atoms with Gasteiger partial charge in [0.2, 0.25) is 0 Å². The lowest BCUT2D eigenvalue weighted by Gasteiger charge is -2.17. The number of ether oxygens (including phenoxy) is 1. The van der Waals surface area contributed by atoms with Crippen molar-refractivity contribution in [2.75, 3.05) is 0 Å². The fraction of sp³-hybridized carbons (Fsp3) is 0.467. The smallest absolute Gasteiger partial charge is 0.119 e. The number of rotatable bonds is 3. The van der Waals surface area contributed by atoms with Crippen LogP contribution in [-0.4, -0.2) is 17.3 Å². The zero-order valence-electron chi connectivity index (χ0n) is 10.5. The van der Waals surface area contributed by atoms with E-state index in [0.29, 0.717) is 0 Å². The van der Waals surface area contributed by atoms with Crippen LogP contribution in [0.4, 0.5) is 0 Å². The van der Waals surface area contributed by atoms with Crippen molar-refractivity contribution in [2.24, 2.45) is 0 Å². The Morgan fingerprint density at radius 3 is 2.53 bits per heavy atom. The lowest BCUT2D eigenvalue weighted by molar-refractivity contribution is 0.206. The molecule has 0 heterocycles. The summed E-state index contributed by atoms with van der Waals surface area (Å²) in [5.41, 5.74) is 2.44. The predicted octanol–water partition coefficient (Wildman–Crippen LogP) is 3.40. The molecule has 0 bridgehead atoms. The maximum Gasteiger partial charge on any atom is 0.119 e. The van der Waals surface area contributed by atoms with Crippen molar-refractivity contribution in [2.45, 2.75) is 45.3 Å². The molecule has 17 heavy (non-hydrogen) atoms. The first-order valence-corrected chi connectivity index (χ1v) is 6.31. The van der Waals surface area contributed by atoms with E-state index in [0.717, 1.165) is 25.0 Å². The number of allylic oxidation sites excluding steroid dienone is 1. The maximum atomic E-state index is 9.61. The predicted molar refractivity (Wildman–Crippen MR) is 70.0 cm³/mol. The van der Waals surface area contributed by atoms with Crippen LogP contribution in [0.25, 0.3) is 5.57 Å². The van der Waals surface area contributed by atoms with Crippen LogP contribution in [0.15, 0.2) is 30.3 Å². The molecule has 1 N–H and O–H groups in total. The minimum Gasteiger partial charge on any atom is -0.491 e. The van der Waals surface area contributed by atoms with Gasteiger partial charge in [0.1, 0.15) is 5.75 Å². The van der Waals surface area contributed by atoms with Gasteiger partial charge in [0, 0.05) is 0 Å². The van der Waals surface area contributed by atoms with E-state index >= 15 is 0 Å². The summed E-state index contributed by atoms with van der Waals surface area (Å²) in [6, 6.07) is 8.14. The third-order valence-electron chi connectivity index (χ3n) is 2.94. The molecule has 1 unspecified atom stereocenters. The molecule has 2 heteroatoms. The Kier molecular flexibility index (Phi) is 3.85. The highest BCUT2D eigenvalue weighted by Gasteiger charge is 2.12. The van der Waals surface area contributed by atoms with Gasteiger partial charge in [0.25, 0.3) is 0 Å². The quantitative estimate of drug-likeness (QED) is 0.865. The zero-order valence-corrected chi connectivity index (χ0v) is 10.5. The van der Waals surface area contributed by atoms with Crippen molar-refractivity contribution in [1.82, 2.24) is 0 Å². The third kappa shape index (κ3) is 3.34. The Morgan fingerprint density at radius 2 is 1.94 bits per heavy atom. The number of hydrogen-bond donors (Lipinski definition) is 1. The molecule has 2 nitrogen and oxygen atoms in total. The second-order valence-electron chi connectivity index (χ2n) is 4.84. The standard InChI is InChI=1S/C15H20O2/c1-11(2)17-15-8-6-12(7-9-15)13-4-3-5-14(16)10-13/h6-11,14,16H,3-5H2,1-2H3. The molecule has 1 aromatic rings. The lowest BCUT2D eigenvalue weighted by atomic mass is 9.92. The maximum absolute atomic E-state index is 9.61. The Morgan fingerprint density at radius 1 is 1.24 bits per heavy atom. The largest absolute Gasteiger partial charge is 0.491 e. The van der Waals surface area contributed by atoms with Gasteiger partial charge in [0.05, 0.1) is 12.2 Å². The fourth-order valence-corrected chi connectivity index (χ4v) is 2.16. The molecular formula is C15H20O2. The van der Waals surface area contributed by atoms with E-state index < -0.39 is 0 Å². The molecule has 0 saturated heterocycles. The summed E-state index contributed by atoms with van der Waals surface area (Å²) in [7, 11) is 0. The summed E-state index contributed by atoms with van der Waals surface area (Å²) in [6.07, 6.45) is 4.92. The molecule has 0 fully saturated rings. The lowest BCUT2D eigenvalue weighted by Crippen LogP contribution is -2.08. The number of benzene rings is 1. The zero-order chi connectivity index (χ0) is 12.3. The molecule has 0 radical (unpaired) electrons. The normalized spacial score (nSPS) is 20.2. The minimum atomic E-state index is -0.273. The Bertz CT molecular complexity index is 390. The molecule has 1 aliphatic rings. The first-order valence-electron chi connectivity index (χ1n) is 6.31. The molecule has 0 aromatic heterocycles. The minimum absolute atomic E-state index is 0.205. The fourth-order valence-electron chi connectivity index (χ4n) is 2.16. The van der Waals surface area contributed by atoms with E-state index in [2.05, 4.69) is 12.1 Å². The molecule has 1 aliphatic carbocycles. The van der Waals surface area contributed by atoms with Crippen molar-refractivity contribution in [1.29, 1.82) is 0 Å². The number of aliphatic hydroxyl groups excluding tert-OH is 1. The summed E-state index contributed by atoms with van der Waals surface area (Å²) in [4.78, 5) is 0. The van der Waals surface area contributed by atoms with Gasteiger partial charge < -0.3 is 9.84 Å². The van der Waals surface area contributed by atoms with Crippen LogP contribution in [0.3, 0.4) is 0 Å². The van der Waals surface area contributed by atoms with E-state index in [1.807, 2.05) is 32.1 Å². The van der Waals surface area contributed by atoms with Gasteiger partial charge in [-0.15, -0.1) is 0 Å². The van der Waals surface area contributed by atoms with E-state index in [-0.39, 0.29) is 12.2 Å². The van der Waals surface area contributed by atoms with Crippen LogP contribution in [-0.2, 0) is 0 Å². The molecular weight excluding hydrogens is 212 g/mol. The van der Waals surface area contributed by atoms with Gasteiger partial charge >= 0.3 is 0 Å². The SMILES string of the molecule is CC(C)Oc1ccc(C2=CC(O)CCC2)cc1. The van der Waals surface area contributed by atoms with Crippen LogP contribution in [0.1, 0.15) is 38.7 Å². The topological polar surface area (TPSA) is 29.5 Å². The number of hydrogen-bond acceptors (Lipinski definition) is 2. The highest BCUT2D eigenvalue weighted by molar-refractivity contribution is 5.67. The molecule has 0 saturated carbocycles. The van der Waals surface area contributed by atoms with Crippen molar-refractivity contribution in [3.8, 4) is 5.75 Å². The Hall–Kier alpha value is -1.28. The van der Waals surface area contributed by atoms with E-state index in [4.69, 9.17) is 4.74 Å². The molecule has 1 atom stereocenters. The second kappa shape index (κ2) is 5.37. The Balaban J connectivity index is 2.12. The van der Waals surface area contributed by atoms with Gasteiger partial charge in [-0.1, -0.05) is 18.2 Å². The summed E-state index contributed by atoms with van der Waals surface area (Å²) in [5, 5.41) is 9.61. The van der Waals surface area contributed by atoms with Crippen molar-refractivity contribution in [3.05, 3.63) is 35.9 Å².